The minimum atomic E-state index is -0.118. The molecule has 1 N–H and O–H groups in total. The molecular weight excluding hydrogens is 671 g/mol. The number of fused-ring (bicyclic) bond motifs is 4. The minimum absolute atomic E-state index is 0.118. The van der Waals surface area contributed by atoms with Crippen molar-refractivity contribution in [2.24, 2.45) is 0 Å². The van der Waals surface area contributed by atoms with Crippen molar-refractivity contribution in [1.82, 2.24) is 14.5 Å². The summed E-state index contributed by atoms with van der Waals surface area (Å²) in [7, 11) is 0. The molecule has 0 fully saturated rings. The highest BCUT2D eigenvalue weighted by Crippen LogP contribution is 2.49. The third-order valence-electron chi connectivity index (χ3n) is 11.2. The first-order valence-corrected chi connectivity index (χ1v) is 18.7. The number of hydrogen-bond acceptors (Lipinski definition) is 3. The maximum atomic E-state index is 11.3. The number of phenolic OH excluding ortho intramolecular Hbond substituents is 1. The van der Waals surface area contributed by atoms with Gasteiger partial charge in [-0.15, -0.1) is 0 Å². The number of hydrogen-bond donors (Lipinski definition) is 1. The lowest BCUT2D eigenvalue weighted by Crippen LogP contribution is -2.15. The largest absolute Gasteiger partial charge is 0.507 e. The third kappa shape index (κ3) is 5.37. The number of imidazole rings is 1. The van der Waals surface area contributed by atoms with Crippen LogP contribution in [0.25, 0.3) is 83.9 Å². The summed E-state index contributed by atoms with van der Waals surface area (Å²) in [6, 6.07) is 60.9. The smallest absolute Gasteiger partial charge is 0.149 e. The molecule has 55 heavy (non-hydrogen) atoms. The zero-order valence-electron chi connectivity index (χ0n) is 30.6. The summed E-state index contributed by atoms with van der Waals surface area (Å²) in [6.45, 7) is 4.57. The Morgan fingerprint density at radius 2 is 1.09 bits per heavy atom. The van der Waals surface area contributed by atoms with Crippen molar-refractivity contribution in [2.45, 2.75) is 19.3 Å². The summed E-state index contributed by atoms with van der Waals surface area (Å²) in [4.78, 5) is 10.5. The predicted octanol–water partition coefficient (Wildman–Crippen LogP) is 12.8. The van der Waals surface area contributed by atoms with Gasteiger partial charge >= 0.3 is 0 Å². The molecule has 0 atom stereocenters. The van der Waals surface area contributed by atoms with E-state index in [-0.39, 0.29) is 11.2 Å². The highest BCUT2D eigenvalue weighted by Gasteiger charge is 2.35. The van der Waals surface area contributed by atoms with E-state index >= 15 is 0 Å². The van der Waals surface area contributed by atoms with Crippen molar-refractivity contribution < 1.29 is 5.11 Å². The van der Waals surface area contributed by atoms with E-state index in [4.69, 9.17) is 9.97 Å². The Morgan fingerprint density at radius 1 is 0.473 bits per heavy atom. The molecule has 0 aliphatic heterocycles. The molecule has 4 heteroatoms. The second kappa shape index (κ2) is 12.8. The molecule has 2 heterocycles. The SMILES string of the molecule is CC1(C)c2ccccc2-c2cc(-c3cc(-c4ccccc4)cc(-c4cccc5c4nc(-c4ccccc4O)n5-c4ccccc4-c4ccccc4)c3)ncc21. The van der Waals surface area contributed by atoms with E-state index in [1.54, 1.807) is 6.07 Å². The van der Waals surface area contributed by atoms with Gasteiger partial charge in [0.2, 0.25) is 0 Å². The second-order valence-electron chi connectivity index (χ2n) is 14.8. The summed E-state index contributed by atoms with van der Waals surface area (Å²) in [5, 5.41) is 11.3. The normalized spacial score (nSPS) is 12.8. The molecule has 0 spiro atoms. The number of para-hydroxylation sites is 3. The number of phenols is 1. The Balaban J connectivity index is 1.22. The lowest BCUT2D eigenvalue weighted by Gasteiger charge is -2.21. The van der Waals surface area contributed by atoms with E-state index in [0.29, 0.717) is 11.4 Å². The molecule has 0 saturated carbocycles. The molecule has 0 saturated heterocycles. The first kappa shape index (κ1) is 32.6. The van der Waals surface area contributed by atoms with Gasteiger partial charge in [-0.3, -0.25) is 9.55 Å². The molecule has 0 unspecified atom stereocenters. The first-order valence-electron chi connectivity index (χ1n) is 18.7. The van der Waals surface area contributed by atoms with Crippen LogP contribution in [0.2, 0.25) is 0 Å². The van der Waals surface area contributed by atoms with Crippen molar-refractivity contribution in [2.75, 3.05) is 0 Å². The molecule has 0 radical (unpaired) electrons. The molecule has 10 rings (SSSR count). The van der Waals surface area contributed by atoms with Gasteiger partial charge in [0.1, 0.15) is 11.6 Å². The molecule has 4 nitrogen and oxygen atoms in total. The Labute approximate surface area is 320 Å². The number of rotatable bonds is 6. The molecule has 7 aromatic carbocycles. The lowest BCUT2D eigenvalue weighted by molar-refractivity contribution is 0.477. The second-order valence-corrected chi connectivity index (χ2v) is 14.8. The molecular formula is C51H37N3O. The van der Waals surface area contributed by atoms with Crippen LogP contribution in [0, 0.1) is 0 Å². The van der Waals surface area contributed by atoms with E-state index in [1.165, 1.54) is 22.3 Å². The van der Waals surface area contributed by atoms with Crippen molar-refractivity contribution in [1.29, 1.82) is 0 Å². The fraction of sp³-hybridized carbons (Fsp3) is 0.0588. The van der Waals surface area contributed by atoms with Crippen molar-refractivity contribution in [3.63, 3.8) is 0 Å². The van der Waals surface area contributed by atoms with E-state index in [1.807, 2.05) is 24.3 Å². The van der Waals surface area contributed by atoms with Gasteiger partial charge < -0.3 is 5.11 Å². The summed E-state index contributed by atoms with van der Waals surface area (Å²) < 4.78 is 2.19. The molecule has 0 amide bonds. The van der Waals surface area contributed by atoms with Gasteiger partial charge in [0.05, 0.1) is 28.0 Å². The van der Waals surface area contributed by atoms with Gasteiger partial charge in [0.25, 0.3) is 0 Å². The van der Waals surface area contributed by atoms with Crippen molar-refractivity contribution >= 4 is 11.0 Å². The van der Waals surface area contributed by atoms with Crippen LogP contribution in [-0.4, -0.2) is 19.6 Å². The van der Waals surface area contributed by atoms with Crippen molar-refractivity contribution in [3.05, 3.63) is 193 Å². The molecule has 0 bridgehead atoms. The molecule has 9 aromatic rings. The van der Waals surface area contributed by atoms with Crippen LogP contribution in [0.4, 0.5) is 0 Å². The Morgan fingerprint density at radius 3 is 1.87 bits per heavy atom. The monoisotopic (exact) mass is 707 g/mol. The number of pyridine rings is 1. The molecule has 2 aromatic heterocycles. The lowest BCUT2D eigenvalue weighted by atomic mass is 9.83. The fourth-order valence-corrected chi connectivity index (χ4v) is 8.42. The van der Waals surface area contributed by atoms with Crippen LogP contribution < -0.4 is 0 Å². The standard InChI is InChI=1S/C51H37N3O/c1-51(2)43-24-12-9-21-40(43)42-31-45(52-32-44(42)51)37-29-35(33-16-5-3-6-17-33)28-36(30-37)39-23-15-26-47-49(39)53-50(41-22-11-14-27-48(41)55)54(47)46-25-13-10-20-38(46)34-18-7-4-8-19-34/h3-32,55H,1-2H3. The van der Waals surface area contributed by atoms with Crippen LogP contribution in [0.3, 0.4) is 0 Å². The maximum Gasteiger partial charge on any atom is 0.149 e. The van der Waals surface area contributed by atoms with E-state index < -0.39 is 0 Å². The molecule has 1 aliphatic carbocycles. The van der Waals surface area contributed by atoms with Crippen LogP contribution in [0.15, 0.2) is 182 Å². The van der Waals surface area contributed by atoms with Gasteiger partial charge in [-0.25, -0.2) is 4.98 Å². The van der Waals surface area contributed by atoms with Crippen LogP contribution in [0.1, 0.15) is 25.0 Å². The third-order valence-corrected chi connectivity index (χ3v) is 11.2. The Hall–Kier alpha value is -7.04. The summed E-state index contributed by atoms with van der Waals surface area (Å²) in [5.41, 5.74) is 16.8. The van der Waals surface area contributed by atoms with Crippen LogP contribution in [0.5, 0.6) is 5.75 Å². The minimum Gasteiger partial charge on any atom is -0.507 e. The van der Waals surface area contributed by atoms with Gasteiger partial charge in [0, 0.05) is 28.3 Å². The van der Waals surface area contributed by atoms with Gasteiger partial charge in [-0.2, -0.15) is 0 Å². The first-order chi connectivity index (χ1) is 27.0. The predicted molar refractivity (Wildman–Crippen MR) is 225 cm³/mol. The quantitative estimate of drug-likeness (QED) is 0.187. The van der Waals surface area contributed by atoms with Gasteiger partial charge in [0.15, 0.2) is 0 Å². The average Bonchev–Trinajstić information content (AvgIpc) is 3.73. The summed E-state index contributed by atoms with van der Waals surface area (Å²) in [6.07, 6.45) is 2.07. The van der Waals surface area contributed by atoms with Gasteiger partial charge in [-0.05, 0) is 93.0 Å². The van der Waals surface area contributed by atoms with Crippen LogP contribution in [-0.2, 0) is 5.41 Å². The number of benzene rings is 7. The van der Waals surface area contributed by atoms with E-state index in [9.17, 15) is 5.11 Å². The fourth-order valence-electron chi connectivity index (χ4n) is 8.42. The maximum absolute atomic E-state index is 11.3. The zero-order chi connectivity index (χ0) is 37.1. The topological polar surface area (TPSA) is 50.9 Å². The highest BCUT2D eigenvalue weighted by molar-refractivity contribution is 5.98. The number of nitrogens with zero attached hydrogens (tertiary/aromatic N) is 3. The van der Waals surface area contributed by atoms with Crippen molar-refractivity contribution in [3.8, 4) is 78.6 Å². The average molecular weight is 708 g/mol. The zero-order valence-corrected chi connectivity index (χ0v) is 30.6. The summed E-state index contributed by atoms with van der Waals surface area (Å²) >= 11 is 0. The molecule has 262 valence electrons. The van der Waals surface area contributed by atoms with E-state index in [2.05, 4.69) is 170 Å². The highest BCUT2D eigenvalue weighted by atomic mass is 16.3. The summed E-state index contributed by atoms with van der Waals surface area (Å²) in [5.74, 6) is 0.850. The van der Waals surface area contributed by atoms with Gasteiger partial charge in [-0.1, -0.05) is 141 Å². The molecule has 1 aliphatic rings. The number of aromatic nitrogens is 3. The number of aromatic hydroxyl groups is 1. The van der Waals surface area contributed by atoms with Crippen LogP contribution >= 0.6 is 0 Å². The van der Waals surface area contributed by atoms with E-state index in [0.717, 1.165) is 61.4 Å². The Kier molecular flexibility index (Phi) is 7.60. The Bertz CT molecular complexity index is 2910.